The number of hydrogen-bond donors (Lipinski definition) is 1. The molecule has 21 heavy (non-hydrogen) atoms. The molecule has 1 aromatic rings. The largest absolute Gasteiger partial charge is 0.320 e. The van der Waals surface area contributed by atoms with Gasteiger partial charge in [0.2, 0.25) is 0 Å². The first-order valence-corrected chi connectivity index (χ1v) is 7.94. The second-order valence-electron chi connectivity index (χ2n) is 6.39. The van der Waals surface area contributed by atoms with Crippen LogP contribution in [-0.4, -0.2) is 24.5 Å². The molecule has 2 aliphatic carbocycles. The molecular formula is C18H23FN2. The zero-order chi connectivity index (χ0) is 14.7. The van der Waals surface area contributed by atoms with Crippen LogP contribution >= 0.6 is 0 Å². The van der Waals surface area contributed by atoms with E-state index in [0.717, 1.165) is 29.5 Å². The highest BCUT2D eigenvalue weighted by molar-refractivity contribution is 5.42. The standard InChI is InChI=1S/C18H23FN2/c19-18-8-7-17(16(10-18)2-1-9-20)13-21(11-14-3-4-14)12-15-5-6-15/h7-8,10,14-15H,3-6,9,11-13,20H2. The minimum Gasteiger partial charge on any atom is -0.320 e. The molecule has 0 atom stereocenters. The molecule has 2 nitrogen and oxygen atoms in total. The van der Waals surface area contributed by atoms with E-state index in [-0.39, 0.29) is 5.82 Å². The second-order valence-corrected chi connectivity index (χ2v) is 6.39. The number of nitrogens with two attached hydrogens (primary N) is 1. The average molecular weight is 286 g/mol. The molecule has 2 fully saturated rings. The first kappa shape index (κ1) is 14.6. The molecule has 0 spiro atoms. The van der Waals surface area contributed by atoms with Crippen molar-refractivity contribution in [1.82, 2.24) is 4.90 Å². The van der Waals surface area contributed by atoms with Crippen molar-refractivity contribution < 1.29 is 4.39 Å². The van der Waals surface area contributed by atoms with Crippen molar-refractivity contribution in [2.24, 2.45) is 17.6 Å². The highest BCUT2D eigenvalue weighted by Crippen LogP contribution is 2.34. The van der Waals surface area contributed by atoms with E-state index in [1.165, 1.54) is 50.9 Å². The van der Waals surface area contributed by atoms with Gasteiger partial charge in [0.1, 0.15) is 5.82 Å². The van der Waals surface area contributed by atoms with Gasteiger partial charge in [-0.2, -0.15) is 0 Å². The third-order valence-electron chi connectivity index (χ3n) is 4.22. The fourth-order valence-corrected chi connectivity index (χ4v) is 2.72. The van der Waals surface area contributed by atoms with Crippen molar-refractivity contribution in [3.63, 3.8) is 0 Å². The highest BCUT2D eigenvalue weighted by Gasteiger charge is 2.29. The van der Waals surface area contributed by atoms with Crippen LogP contribution in [0.1, 0.15) is 36.8 Å². The Hall–Kier alpha value is -1.37. The van der Waals surface area contributed by atoms with Crippen molar-refractivity contribution in [3.8, 4) is 11.8 Å². The number of nitrogens with zero attached hydrogens (tertiary/aromatic N) is 1. The summed E-state index contributed by atoms with van der Waals surface area (Å²) in [6.07, 6.45) is 5.46. The Kier molecular flexibility index (Phi) is 4.57. The molecule has 0 unspecified atom stereocenters. The van der Waals surface area contributed by atoms with E-state index < -0.39 is 0 Å². The Labute approximate surface area is 126 Å². The summed E-state index contributed by atoms with van der Waals surface area (Å²) in [5.74, 6) is 7.39. The lowest BCUT2D eigenvalue weighted by Crippen LogP contribution is -2.28. The van der Waals surface area contributed by atoms with E-state index >= 15 is 0 Å². The summed E-state index contributed by atoms with van der Waals surface area (Å²) in [6.45, 7) is 3.54. The normalized spacial score (nSPS) is 17.7. The van der Waals surface area contributed by atoms with E-state index in [1.807, 2.05) is 6.07 Å². The molecule has 0 bridgehead atoms. The van der Waals surface area contributed by atoms with Gasteiger partial charge in [-0.15, -0.1) is 0 Å². The zero-order valence-corrected chi connectivity index (χ0v) is 12.4. The van der Waals surface area contributed by atoms with Crippen LogP contribution in [0.3, 0.4) is 0 Å². The van der Waals surface area contributed by atoms with Crippen LogP contribution in [0.4, 0.5) is 4.39 Å². The van der Waals surface area contributed by atoms with Gasteiger partial charge in [-0.3, -0.25) is 4.90 Å². The van der Waals surface area contributed by atoms with E-state index in [4.69, 9.17) is 5.73 Å². The smallest absolute Gasteiger partial charge is 0.124 e. The Bertz CT molecular complexity index is 536. The number of rotatable bonds is 6. The van der Waals surface area contributed by atoms with Crippen LogP contribution in [0.15, 0.2) is 18.2 Å². The van der Waals surface area contributed by atoms with Crippen LogP contribution in [0, 0.1) is 29.5 Å². The molecule has 0 saturated heterocycles. The van der Waals surface area contributed by atoms with Crippen LogP contribution in [0.2, 0.25) is 0 Å². The summed E-state index contributed by atoms with van der Waals surface area (Å²) < 4.78 is 13.4. The van der Waals surface area contributed by atoms with Crippen LogP contribution in [0.25, 0.3) is 0 Å². The van der Waals surface area contributed by atoms with E-state index in [2.05, 4.69) is 16.7 Å². The molecule has 3 rings (SSSR count). The summed E-state index contributed by atoms with van der Waals surface area (Å²) in [4.78, 5) is 2.54. The molecule has 2 N–H and O–H groups in total. The quantitative estimate of drug-likeness (QED) is 0.815. The van der Waals surface area contributed by atoms with Crippen molar-refractivity contribution in [2.75, 3.05) is 19.6 Å². The van der Waals surface area contributed by atoms with E-state index in [9.17, 15) is 4.39 Å². The first-order valence-electron chi connectivity index (χ1n) is 7.94. The predicted octanol–water partition coefficient (Wildman–Crippen LogP) is 2.76. The molecule has 1 aromatic carbocycles. The number of benzene rings is 1. The van der Waals surface area contributed by atoms with Crippen molar-refractivity contribution in [1.29, 1.82) is 0 Å². The SMILES string of the molecule is NCC#Cc1cc(F)ccc1CN(CC1CC1)CC1CC1. The van der Waals surface area contributed by atoms with Gasteiger partial charge in [-0.1, -0.05) is 17.9 Å². The lowest BCUT2D eigenvalue weighted by Gasteiger charge is -2.23. The van der Waals surface area contributed by atoms with Gasteiger partial charge in [0.25, 0.3) is 0 Å². The minimum atomic E-state index is -0.226. The molecule has 0 aromatic heterocycles. The summed E-state index contributed by atoms with van der Waals surface area (Å²) >= 11 is 0. The predicted molar refractivity (Wildman–Crippen MR) is 83.1 cm³/mol. The van der Waals surface area contributed by atoms with Gasteiger partial charge in [-0.05, 0) is 55.2 Å². The summed E-state index contributed by atoms with van der Waals surface area (Å²) in [6, 6.07) is 4.95. The number of halogens is 1. The monoisotopic (exact) mass is 286 g/mol. The topological polar surface area (TPSA) is 29.3 Å². The fraction of sp³-hybridized carbons (Fsp3) is 0.556. The Morgan fingerprint density at radius 3 is 2.38 bits per heavy atom. The summed E-state index contributed by atoms with van der Waals surface area (Å²) in [7, 11) is 0. The van der Waals surface area contributed by atoms with Gasteiger partial charge < -0.3 is 5.73 Å². The molecule has 0 aliphatic heterocycles. The zero-order valence-electron chi connectivity index (χ0n) is 12.4. The molecule has 112 valence electrons. The molecule has 0 amide bonds. The minimum absolute atomic E-state index is 0.226. The molecule has 2 saturated carbocycles. The van der Waals surface area contributed by atoms with E-state index in [1.54, 1.807) is 0 Å². The van der Waals surface area contributed by atoms with Crippen LogP contribution in [0.5, 0.6) is 0 Å². The molecule has 2 aliphatic rings. The molecule has 0 radical (unpaired) electrons. The van der Waals surface area contributed by atoms with Crippen LogP contribution < -0.4 is 5.73 Å². The summed E-state index contributed by atoms with van der Waals surface area (Å²) in [5.41, 5.74) is 7.35. The Morgan fingerprint density at radius 2 is 1.81 bits per heavy atom. The van der Waals surface area contributed by atoms with Gasteiger partial charge in [0.05, 0.1) is 6.54 Å². The Balaban J connectivity index is 1.73. The molecule has 0 heterocycles. The maximum absolute atomic E-state index is 13.4. The van der Waals surface area contributed by atoms with Gasteiger partial charge >= 0.3 is 0 Å². The van der Waals surface area contributed by atoms with Crippen molar-refractivity contribution in [2.45, 2.75) is 32.2 Å². The lowest BCUT2D eigenvalue weighted by atomic mass is 10.1. The third kappa shape index (κ3) is 4.56. The molecular weight excluding hydrogens is 263 g/mol. The Morgan fingerprint density at radius 1 is 1.14 bits per heavy atom. The van der Waals surface area contributed by atoms with E-state index in [0.29, 0.717) is 6.54 Å². The molecule has 3 heteroatoms. The van der Waals surface area contributed by atoms with Gasteiger partial charge in [0, 0.05) is 25.2 Å². The first-order chi connectivity index (χ1) is 10.2. The average Bonchev–Trinajstić information content (AvgIpc) is 3.35. The van der Waals surface area contributed by atoms with Gasteiger partial charge in [-0.25, -0.2) is 4.39 Å². The summed E-state index contributed by atoms with van der Waals surface area (Å²) in [5, 5.41) is 0. The highest BCUT2D eigenvalue weighted by atomic mass is 19.1. The second kappa shape index (κ2) is 6.60. The fourth-order valence-electron chi connectivity index (χ4n) is 2.72. The third-order valence-corrected chi connectivity index (χ3v) is 4.22. The van der Waals surface area contributed by atoms with Crippen molar-refractivity contribution >= 4 is 0 Å². The van der Waals surface area contributed by atoms with Crippen LogP contribution in [-0.2, 0) is 6.54 Å². The lowest BCUT2D eigenvalue weighted by molar-refractivity contribution is 0.244. The number of hydrogen-bond acceptors (Lipinski definition) is 2. The maximum atomic E-state index is 13.4. The maximum Gasteiger partial charge on any atom is 0.124 e. The van der Waals surface area contributed by atoms with Gasteiger partial charge in [0.15, 0.2) is 0 Å². The van der Waals surface area contributed by atoms with Crippen molar-refractivity contribution in [3.05, 3.63) is 35.1 Å².